The Labute approximate surface area is 222 Å². The number of esters is 1. The lowest BCUT2D eigenvalue weighted by molar-refractivity contribution is -0.136. The van der Waals surface area contributed by atoms with E-state index in [0.29, 0.717) is 35.1 Å². The van der Waals surface area contributed by atoms with Crippen LogP contribution >= 0.6 is 0 Å². The van der Waals surface area contributed by atoms with Crippen molar-refractivity contribution in [1.29, 1.82) is 0 Å². The highest BCUT2D eigenvalue weighted by Gasteiger charge is 2.30. The molecule has 0 saturated heterocycles. The monoisotopic (exact) mass is 521 g/mol. The number of hydrogen-bond donors (Lipinski definition) is 2. The van der Waals surface area contributed by atoms with Crippen LogP contribution in [0.1, 0.15) is 50.7 Å². The summed E-state index contributed by atoms with van der Waals surface area (Å²) in [5.41, 5.74) is 4.79. The van der Waals surface area contributed by atoms with E-state index in [1.54, 1.807) is 31.2 Å². The Morgan fingerprint density at radius 1 is 1.03 bits per heavy atom. The second-order valence-electron chi connectivity index (χ2n) is 9.99. The van der Waals surface area contributed by atoms with Crippen LogP contribution in [-0.2, 0) is 35.3 Å². The number of methoxy groups -OCH3 is 3. The Morgan fingerprint density at radius 3 is 2.16 bits per heavy atom. The van der Waals surface area contributed by atoms with Crippen LogP contribution in [-0.4, -0.2) is 48.0 Å². The molecule has 1 heterocycles. The molecule has 0 bridgehead atoms. The number of benzene rings is 2. The lowest BCUT2D eigenvalue weighted by atomic mass is 9.85. The molecule has 202 valence electrons. The predicted octanol–water partition coefficient (Wildman–Crippen LogP) is 4.38. The van der Waals surface area contributed by atoms with Crippen LogP contribution in [0.25, 0.3) is 0 Å². The number of aliphatic hydroxyl groups excluding tert-OH is 1. The summed E-state index contributed by atoms with van der Waals surface area (Å²) in [7, 11) is 4.44. The predicted molar refractivity (Wildman–Crippen MR) is 142 cm³/mol. The van der Waals surface area contributed by atoms with E-state index in [1.165, 1.54) is 18.2 Å². The van der Waals surface area contributed by atoms with Crippen molar-refractivity contribution < 1.29 is 34.0 Å². The number of carboxylic acid groups (broad SMARTS) is 1. The van der Waals surface area contributed by atoms with Gasteiger partial charge in [0.05, 0.1) is 39.4 Å². The number of carboxylic acids is 1. The maximum absolute atomic E-state index is 12.3. The van der Waals surface area contributed by atoms with Crippen molar-refractivity contribution in [2.45, 2.75) is 45.3 Å². The van der Waals surface area contributed by atoms with Crippen molar-refractivity contribution in [1.82, 2.24) is 4.57 Å². The van der Waals surface area contributed by atoms with Gasteiger partial charge < -0.3 is 29.0 Å². The fourth-order valence-electron chi connectivity index (χ4n) is 5.63. The van der Waals surface area contributed by atoms with Gasteiger partial charge in [0, 0.05) is 30.4 Å². The normalized spacial score (nSPS) is 14.6. The zero-order valence-corrected chi connectivity index (χ0v) is 22.3. The standard InChI is InChI=1S/C30H35NO7/c1-18-26(36-2)12-22(13-27(18)37-3)29(34)24(11-19-9-20-7-5-6-8-21(20)10-19)16-31-15-23(14-28(32)33)25(17-31)30(35)38-4/h5-8,12-13,15,17,19,24,29,34H,9-11,14,16H2,1-4H3,(H,32,33)/t24-,29+/m0/s1. The first-order chi connectivity index (χ1) is 18.2. The van der Waals surface area contributed by atoms with Gasteiger partial charge in [-0.3, -0.25) is 4.79 Å². The summed E-state index contributed by atoms with van der Waals surface area (Å²) in [5.74, 6) is -0.257. The van der Waals surface area contributed by atoms with E-state index in [9.17, 15) is 19.8 Å². The average Bonchev–Trinajstić information content (AvgIpc) is 3.50. The van der Waals surface area contributed by atoms with E-state index in [-0.39, 0.29) is 17.9 Å². The molecule has 1 aromatic heterocycles. The van der Waals surface area contributed by atoms with Gasteiger partial charge in [0.1, 0.15) is 11.5 Å². The molecular formula is C30H35NO7. The number of hydrogen-bond acceptors (Lipinski definition) is 6. The summed E-state index contributed by atoms with van der Waals surface area (Å²) < 4.78 is 17.8. The van der Waals surface area contributed by atoms with E-state index < -0.39 is 18.0 Å². The van der Waals surface area contributed by atoms with Crippen molar-refractivity contribution in [3.05, 3.63) is 82.2 Å². The Bertz CT molecular complexity index is 1260. The van der Waals surface area contributed by atoms with Gasteiger partial charge in [0.2, 0.25) is 0 Å². The number of aliphatic carboxylic acids is 1. The molecule has 0 radical (unpaired) electrons. The largest absolute Gasteiger partial charge is 0.496 e. The number of rotatable bonds is 11. The lowest BCUT2D eigenvalue weighted by Crippen LogP contribution is -2.22. The van der Waals surface area contributed by atoms with Crippen LogP contribution in [0.3, 0.4) is 0 Å². The van der Waals surface area contributed by atoms with Gasteiger partial charge in [-0.1, -0.05) is 24.3 Å². The second kappa shape index (κ2) is 11.7. The fraction of sp³-hybridized carbons (Fsp3) is 0.400. The topological polar surface area (TPSA) is 107 Å². The Balaban J connectivity index is 1.67. The summed E-state index contributed by atoms with van der Waals surface area (Å²) in [4.78, 5) is 23.8. The van der Waals surface area contributed by atoms with Crippen LogP contribution in [0, 0.1) is 18.8 Å². The highest BCUT2D eigenvalue weighted by molar-refractivity contribution is 5.92. The molecule has 0 unspecified atom stereocenters. The number of aliphatic hydroxyl groups is 1. The third-order valence-corrected chi connectivity index (χ3v) is 7.49. The van der Waals surface area contributed by atoms with Crippen molar-refractivity contribution in [3.8, 4) is 11.5 Å². The first-order valence-electron chi connectivity index (χ1n) is 12.7. The van der Waals surface area contributed by atoms with Crippen molar-refractivity contribution in [2.75, 3.05) is 21.3 Å². The summed E-state index contributed by atoms with van der Waals surface area (Å²) in [6, 6.07) is 12.1. The summed E-state index contributed by atoms with van der Waals surface area (Å²) >= 11 is 0. The van der Waals surface area contributed by atoms with E-state index in [2.05, 4.69) is 24.3 Å². The van der Waals surface area contributed by atoms with E-state index in [1.807, 2.05) is 19.1 Å². The van der Waals surface area contributed by atoms with Gasteiger partial charge in [-0.05, 0) is 66.5 Å². The summed E-state index contributed by atoms with van der Waals surface area (Å²) in [6.45, 7) is 2.29. The fourth-order valence-corrected chi connectivity index (χ4v) is 5.63. The van der Waals surface area contributed by atoms with Crippen LogP contribution in [0.15, 0.2) is 48.8 Å². The second-order valence-corrected chi connectivity index (χ2v) is 9.99. The van der Waals surface area contributed by atoms with Crippen molar-refractivity contribution in [2.24, 2.45) is 11.8 Å². The molecule has 8 heteroatoms. The molecule has 0 spiro atoms. The van der Waals surface area contributed by atoms with Crippen LogP contribution in [0.4, 0.5) is 0 Å². The zero-order chi connectivity index (χ0) is 27.4. The molecule has 4 rings (SSSR count). The van der Waals surface area contributed by atoms with Crippen molar-refractivity contribution in [3.63, 3.8) is 0 Å². The minimum absolute atomic E-state index is 0.218. The lowest BCUT2D eigenvalue weighted by Gasteiger charge is -2.27. The number of nitrogens with zero attached hydrogens (tertiary/aromatic N) is 1. The number of fused-ring (bicyclic) bond motifs is 1. The maximum atomic E-state index is 12.3. The first kappa shape index (κ1) is 27.3. The highest BCUT2D eigenvalue weighted by Crippen LogP contribution is 2.39. The molecule has 0 saturated carbocycles. The van der Waals surface area contributed by atoms with Crippen LogP contribution in [0.2, 0.25) is 0 Å². The molecule has 0 fully saturated rings. The van der Waals surface area contributed by atoms with Gasteiger partial charge in [-0.2, -0.15) is 0 Å². The Morgan fingerprint density at radius 2 is 1.63 bits per heavy atom. The zero-order valence-electron chi connectivity index (χ0n) is 22.3. The molecule has 3 aromatic rings. The van der Waals surface area contributed by atoms with Crippen molar-refractivity contribution >= 4 is 11.9 Å². The third-order valence-electron chi connectivity index (χ3n) is 7.49. The maximum Gasteiger partial charge on any atom is 0.339 e. The number of aromatic nitrogens is 1. The molecule has 38 heavy (non-hydrogen) atoms. The van der Waals surface area contributed by atoms with Gasteiger partial charge >= 0.3 is 11.9 Å². The highest BCUT2D eigenvalue weighted by atomic mass is 16.5. The molecule has 0 amide bonds. The number of ether oxygens (including phenoxy) is 3. The van der Waals surface area contributed by atoms with Gasteiger partial charge in [0.15, 0.2) is 0 Å². The summed E-state index contributed by atoms with van der Waals surface area (Å²) in [5, 5.41) is 21.1. The van der Waals surface area contributed by atoms with Gasteiger partial charge in [-0.25, -0.2) is 4.79 Å². The smallest absolute Gasteiger partial charge is 0.339 e. The molecule has 1 aliphatic rings. The molecule has 1 aliphatic carbocycles. The SMILES string of the molecule is COC(=O)c1cn(C[C@H](CC2Cc3ccccc3C2)[C@H](O)c2cc(OC)c(C)c(OC)c2)cc1CC(=O)O. The molecule has 8 nitrogen and oxygen atoms in total. The Hall–Kier alpha value is -3.78. The van der Waals surface area contributed by atoms with E-state index in [4.69, 9.17) is 14.2 Å². The minimum atomic E-state index is -1.04. The summed E-state index contributed by atoms with van der Waals surface area (Å²) in [6.07, 6.45) is 4.73. The molecule has 2 N–H and O–H groups in total. The molecule has 2 aromatic carbocycles. The van der Waals surface area contributed by atoms with E-state index >= 15 is 0 Å². The molecule has 0 aliphatic heterocycles. The van der Waals surface area contributed by atoms with Gasteiger partial charge in [0.25, 0.3) is 0 Å². The Kier molecular flexibility index (Phi) is 8.42. The third kappa shape index (κ3) is 5.86. The minimum Gasteiger partial charge on any atom is -0.496 e. The van der Waals surface area contributed by atoms with Crippen LogP contribution < -0.4 is 9.47 Å². The van der Waals surface area contributed by atoms with Gasteiger partial charge in [-0.15, -0.1) is 0 Å². The first-order valence-corrected chi connectivity index (χ1v) is 12.7. The average molecular weight is 522 g/mol. The quantitative estimate of drug-likeness (QED) is 0.361. The molecule has 2 atom stereocenters. The van der Waals surface area contributed by atoms with E-state index in [0.717, 1.165) is 24.8 Å². The number of carbonyl (C=O) groups excluding carboxylic acids is 1. The molecular weight excluding hydrogens is 486 g/mol. The number of carbonyl (C=O) groups is 2. The van der Waals surface area contributed by atoms with Crippen LogP contribution in [0.5, 0.6) is 11.5 Å².